The average Bonchev–Trinajstić information content (AvgIpc) is 3.09. The minimum Gasteiger partial charge on any atom is -0.442 e. The maximum atomic E-state index is 14.7. The average molecular weight is 421 g/mol. The number of nitrogens with two attached hydrogens (primary N) is 2. The van der Waals surface area contributed by atoms with E-state index < -0.39 is 18.0 Å². The lowest BCUT2D eigenvalue weighted by molar-refractivity contribution is 0.122. The zero-order valence-corrected chi connectivity index (χ0v) is 17.3. The molecule has 0 aromatic heterocycles. The van der Waals surface area contributed by atoms with Crippen molar-refractivity contribution in [2.24, 2.45) is 11.6 Å². The van der Waals surface area contributed by atoms with Gasteiger partial charge in [-0.1, -0.05) is 38.1 Å². The summed E-state index contributed by atoms with van der Waals surface area (Å²) in [5.41, 5.74) is 7.85. The Morgan fingerprint density at radius 2 is 1.97 bits per heavy atom. The Morgan fingerprint density at radius 3 is 2.55 bits per heavy atom. The van der Waals surface area contributed by atoms with E-state index >= 15 is 0 Å². The fourth-order valence-electron chi connectivity index (χ4n) is 2.91. The maximum absolute atomic E-state index is 14.7. The smallest absolute Gasteiger partial charge is 0.414 e. The normalized spacial score (nSPS) is 15.8. The van der Waals surface area contributed by atoms with Crippen LogP contribution in [0.25, 0.3) is 11.1 Å². The van der Waals surface area contributed by atoms with Crippen molar-refractivity contribution in [3.8, 4) is 11.1 Å². The fourth-order valence-corrected chi connectivity index (χ4v) is 3.09. The molecule has 2 aromatic rings. The van der Waals surface area contributed by atoms with E-state index in [4.69, 9.17) is 27.9 Å². The number of carbonyl (C=O) groups is 1. The molecular formula is C21H26ClFN4O2. The molecule has 2 aromatic carbocycles. The summed E-state index contributed by atoms with van der Waals surface area (Å²) in [5, 5.41) is 1.33. The third-order valence-electron chi connectivity index (χ3n) is 4.25. The number of halogens is 2. The van der Waals surface area contributed by atoms with E-state index in [0.717, 1.165) is 11.1 Å². The number of benzene rings is 2. The van der Waals surface area contributed by atoms with Gasteiger partial charge in [-0.3, -0.25) is 4.90 Å². The standard InChI is InChI=1S/C19H20ClFN4O2.C2H6/c20-10-13-1-3-14(4-2-13)17-6-5-15(9-18(17)21)25-12-16(27-19(25)26)11-24(23)8-7-22;1-2/h1-9,16H,10-12,22-23H2;1-2H3/b8-7-;. The molecule has 0 aliphatic carbocycles. The highest BCUT2D eigenvalue weighted by atomic mass is 35.5. The van der Waals surface area contributed by atoms with E-state index in [1.165, 1.54) is 28.4 Å². The van der Waals surface area contributed by atoms with E-state index in [1.54, 1.807) is 12.1 Å². The van der Waals surface area contributed by atoms with Gasteiger partial charge >= 0.3 is 6.09 Å². The molecule has 1 aliphatic rings. The molecule has 4 N–H and O–H groups in total. The van der Waals surface area contributed by atoms with Crippen LogP contribution in [0.5, 0.6) is 0 Å². The van der Waals surface area contributed by atoms with E-state index in [0.29, 0.717) is 17.1 Å². The summed E-state index contributed by atoms with van der Waals surface area (Å²) < 4.78 is 19.9. The maximum Gasteiger partial charge on any atom is 0.414 e. The molecule has 156 valence electrons. The molecule has 1 unspecified atom stereocenters. The number of alkyl halides is 1. The van der Waals surface area contributed by atoms with Crippen LogP contribution in [-0.4, -0.2) is 30.3 Å². The Bertz CT molecular complexity index is 845. The first-order valence-electron chi connectivity index (χ1n) is 9.34. The molecule has 0 bridgehead atoms. The van der Waals surface area contributed by atoms with Crippen LogP contribution in [0.2, 0.25) is 0 Å². The highest BCUT2D eigenvalue weighted by molar-refractivity contribution is 6.17. The van der Waals surface area contributed by atoms with Crippen LogP contribution >= 0.6 is 11.6 Å². The lowest BCUT2D eigenvalue weighted by Crippen LogP contribution is -2.36. The SMILES string of the molecule is CC.N/C=C\N(N)CC1CN(c2ccc(-c3ccc(CCl)cc3)c(F)c2)C(=O)O1. The van der Waals surface area contributed by atoms with Crippen molar-refractivity contribution in [3.05, 3.63) is 66.2 Å². The van der Waals surface area contributed by atoms with E-state index in [2.05, 4.69) is 0 Å². The molecule has 6 nitrogen and oxygen atoms in total. The molecule has 1 aliphatic heterocycles. The van der Waals surface area contributed by atoms with Crippen molar-refractivity contribution in [2.75, 3.05) is 18.0 Å². The van der Waals surface area contributed by atoms with Crippen LogP contribution in [0.4, 0.5) is 14.9 Å². The van der Waals surface area contributed by atoms with Gasteiger partial charge in [-0.25, -0.2) is 15.0 Å². The van der Waals surface area contributed by atoms with E-state index in [9.17, 15) is 9.18 Å². The van der Waals surface area contributed by atoms with Gasteiger partial charge in [0.1, 0.15) is 11.9 Å². The van der Waals surface area contributed by atoms with E-state index in [1.807, 2.05) is 38.1 Å². The van der Waals surface area contributed by atoms with Gasteiger partial charge in [-0.2, -0.15) is 0 Å². The third kappa shape index (κ3) is 5.62. The number of carbonyl (C=O) groups excluding carboxylic acids is 1. The molecule has 1 heterocycles. The van der Waals surface area contributed by atoms with Crippen LogP contribution < -0.4 is 16.5 Å². The minimum atomic E-state index is -0.538. The zero-order valence-electron chi connectivity index (χ0n) is 16.5. The number of ether oxygens (including phenoxy) is 1. The zero-order chi connectivity index (χ0) is 21.4. The molecule has 8 heteroatoms. The summed E-state index contributed by atoms with van der Waals surface area (Å²) in [6, 6.07) is 12.0. The first-order chi connectivity index (χ1) is 14.0. The molecule has 1 atom stereocenters. The van der Waals surface area contributed by atoms with Gasteiger partial charge in [0.2, 0.25) is 0 Å². The quantitative estimate of drug-likeness (QED) is 0.416. The molecule has 3 rings (SSSR count). The Morgan fingerprint density at radius 1 is 1.28 bits per heavy atom. The summed E-state index contributed by atoms with van der Waals surface area (Å²) in [6.45, 7) is 4.55. The number of nitrogens with zero attached hydrogens (tertiary/aromatic N) is 2. The number of hydrogen-bond donors (Lipinski definition) is 2. The highest BCUT2D eigenvalue weighted by Crippen LogP contribution is 2.29. The summed E-state index contributed by atoms with van der Waals surface area (Å²) in [6.07, 6.45) is 1.79. The molecule has 0 saturated carbocycles. The van der Waals surface area contributed by atoms with Gasteiger partial charge < -0.3 is 15.5 Å². The van der Waals surface area contributed by atoms with Crippen molar-refractivity contribution in [1.82, 2.24) is 5.01 Å². The van der Waals surface area contributed by atoms with Crippen molar-refractivity contribution in [2.45, 2.75) is 25.8 Å². The summed E-state index contributed by atoms with van der Waals surface area (Å²) in [4.78, 5) is 13.5. The van der Waals surface area contributed by atoms with Crippen molar-refractivity contribution in [1.29, 1.82) is 0 Å². The first-order valence-corrected chi connectivity index (χ1v) is 9.88. The van der Waals surface area contributed by atoms with Gasteiger partial charge in [0, 0.05) is 23.8 Å². The number of cyclic esters (lactones) is 1. The third-order valence-corrected chi connectivity index (χ3v) is 4.56. The predicted molar refractivity (Wildman–Crippen MR) is 115 cm³/mol. The molecule has 1 saturated heterocycles. The second-order valence-electron chi connectivity index (χ2n) is 6.15. The second kappa shape index (κ2) is 10.7. The number of hydrazine groups is 1. The van der Waals surface area contributed by atoms with E-state index in [-0.39, 0.29) is 13.1 Å². The summed E-state index contributed by atoms with van der Waals surface area (Å²) in [7, 11) is 0. The van der Waals surface area contributed by atoms with Gasteiger partial charge in [-0.15, -0.1) is 11.6 Å². The predicted octanol–water partition coefficient (Wildman–Crippen LogP) is 4.19. The molecule has 29 heavy (non-hydrogen) atoms. The van der Waals surface area contributed by atoms with Crippen molar-refractivity contribution < 1.29 is 13.9 Å². The first kappa shape index (κ1) is 22.5. The Kier molecular flexibility index (Phi) is 8.30. The lowest BCUT2D eigenvalue weighted by Gasteiger charge is -2.17. The number of rotatable bonds is 6. The molecule has 1 amide bonds. The van der Waals surface area contributed by atoms with Crippen molar-refractivity contribution >= 4 is 23.4 Å². The molecule has 0 radical (unpaired) electrons. The van der Waals surface area contributed by atoms with Gasteiger partial charge in [0.25, 0.3) is 0 Å². The lowest BCUT2D eigenvalue weighted by atomic mass is 10.0. The number of amides is 1. The minimum absolute atomic E-state index is 0.272. The molecule has 0 spiro atoms. The van der Waals surface area contributed by atoms with Gasteiger partial charge in [0.05, 0.1) is 18.8 Å². The number of anilines is 1. The Balaban J connectivity index is 0.00000145. The van der Waals surface area contributed by atoms with Crippen LogP contribution in [0.3, 0.4) is 0 Å². The molecule has 1 fully saturated rings. The Hall–Kier alpha value is -2.77. The number of hydrogen-bond acceptors (Lipinski definition) is 5. The molecular weight excluding hydrogens is 395 g/mol. The Labute approximate surface area is 175 Å². The monoisotopic (exact) mass is 420 g/mol. The van der Waals surface area contributed by atoms with Crippen LogP contribution in [0.15, 0.2) is 54.9 Å². The fraction of sp³-hybridized carbons (Fsp3) is 0.286. The van der Waals surface area contributed by atoms with Crippen LogP contribution in [-0.2, 0) is 10.6 Å². The van der Waals surface area contributed by atoms with Crippen LogP contribution in [0.1, 0.15) is 19.4 Å². The van der Waals surface area contributed by atoms with Gasteiger partial charge in [-0.05, 0) is 29.3 Å². The highest BCUT2D eigenvalue weighted by Gasteiger charge is 2.33. The summed E-state index contributed by atoms with van der Waals surface area (Å²) >= 11 is 5.78. The van der Waals surface area contributed by atoms with Gasteiger partial charge in [0.15, 0.2) is 0 Å². The largest absolute Gasteiger partial charge is 0.442 e. The van der Waals surface area contributed by atoms with Crippen LogP contribution in [0, 0.1) is 5.82 Å². The second-order valence-corrected chi connectivity index (χ2v) is 6.42. The van der Waals surface area contributed by atoms with Crippen molar-refractivity contribution in [3.63, 3.8) is 0 Å². The summed E-state index contributed by atoms with van der Waals surface area (Å²) in [5.74, 6) is 5.69. The topological polar surface area (TPSA) is 84.8 Å².